The van der Waals surface area contributed by atoms with Gasteiger partial charge in [-0.15, -0.1) is 0 Å². The number of allylic oxidation sites excluding steroid dienone is 2. The Hall–Kier alpha value is -4.13. The van der Waals surface area contributed by atoms with Crippen molar-refractivity contribution >= 4 is 17.5 Å². The number of anilines is 1. The van der Waals surface area contributed by atoms with E-state index in [-0.39, 0.29) is 30.7 Å². The third-order valence-electron chi connectivity index (χ3n) is 6.84. The van der Waals surface area contributed by atoms with E-state index in [9.17, 15) is 14.0 Å². The topological polar surface area (TPSA) is 67.9 Å². The molecule has 6 nitrogen and oxygen atoms in total. The van der Waals surface area contributed by atoms with E-state index in [1.807, 2.05) is 36.4 Å². The standard InChI is InChI=1S/C31H33FN2O4/c1-37-25-17-18-27(28(20-25)38-2)33-31(36)30(23-13-7-4-8-14-23)34(21-24-15-9-10-16-26(24)32)29(35)19-22-11-5-3-6-12-22/h3-7,9-12,15-18,20,23,30H,8,13-14,19,21H2,1-2H3,(H,33,36). The molecule has 0 aromatic heterocycles. The van der Waals surface area contributed by atoms with Crippen LogP contribution in [-0.2, 0) is 22.6 Å². The summed E-state index contributed by atoms with van der Waals surface area (Å²) in [5.41, 5.74) is 1.66. The highest BCUT2D eigenvalue weighted by molar-refractivity contribution is 5.98. The number of benzene rings is 3. The molecule has 0 heterocycles. The normalized spacial score (nSPS) is 15.4. The fourth-order valence-electron chi connectivity index (χ4n) is 4.85. The van der Waals surface area contributed by atoms with Crippen LogP contribution in [0.4, 0.5) is 10.1 Å². The van der Waals surface area contributed by atoms with Crippen LogP contribution in [-0.4, -0.2) is 37.0 Å². The van der Waals surface area contributed by atoms with Crippen LogP contribution in [0.5, 0.6) is 11.5 Å². The van der Waals surface area contributed by atoms with E-state index in [2.05, 4.69) is 11.4 Å². The van der Waals surface area contributed by atoms with Crippen LogP contribution in [0, 0.1) is 11.7 Å². The molecule has 3 aromatic carbocycles. The van der Waals surface area contributed by atoms with Crippen molar-refractivity contribution in [2.24, 2.45) is 5.92 Å². The molecular formula is C31H33FN2O4. The Balaban J connectivity index is 1.71. The third-order valence-corrected chi connectivity index (χ3v) is 6.84. The van der Waals surface area contributed by atoms with Crippen LogP contribution in [0.15, 0.2) is 84.9 Å². The largest absolute Gasteiger partial charge is 0.497 e. The molecule has 0 spiro atoms. The molecule has 1 aliphatic rings. The molecule has 0 saturated heterocycles. The van der Waals surface area contributed by atoms with Gasteiger partial charge in [0, 0.05) is 18.2 Å². The monoisotopic (exact) mass is 516 g/mol. The summed E-state index contributed by atoms with van der Waals surface area (Å²) in [5.74, 6) is -0.0908. The first-order valence-electron chi connectivity index (χ1n) is 12.7. The van der Waals surface area contributed by atoms with Crippen LogP contribution in [0.1, 0.15) is 30.4 Å². The van der Waals surface area contributed by atoms with Crippen molar-refractivity contribution in [3.8, 4) is 11.5 Å². The number of hydrogen-bond donors (Lipinski definition) is 1. The number of amides is 2. The molecule has 3 aromatic rings. The fourth-order valence-corrected chi connectivity index (χ4v) is 4.85. The van der Waals surface area contributed by atoms with Gasteiger partial charge in [-0.25, -0.2) is 4.39 Å². The maximum absolute atomic E-state index is 14.8. The van der Waals surface area contributed by atoms with Gasteiger partial charge >= 0.3 is 0 Å². The second-order valence-electron chi connectivity index (χ2n) is 9.32. The second-order valence-corrected chi connectivity index (χ2v) is 9.32. The average Bonchev–Trinajstić information content (AvgIpc) is 2.95. The van der Waals surface area contributed by atoms with E-state index in [0.29, 0.717) is 29.2 Å². The molecule has 0 fully saturated rings. The molecule has 198 valence electrons. The van der Waals surface area contributed by atoms with Gasteiger partial charge < -0.3 is 19.7 Å². The van der Waals surface area contributed by atoms with E-state index in [4.69, 9.17) is 9.47 Å². The molecule has 2 atom stereocenters. The number of ether oxygens (including phenoxy) is 2. The van der Waals surface area contributed by atoms with E-state index >= 15 is 0 Å². The maximum atomic E-state index is 14.8. The first kappa shape index (κ1) is 26.9. The molecule has 2 unspecified atom stereocenters. The van der Waals surface area contributed by atoms with E-state index < -0.39 is 11.9 Å². The molecular weight excluding hydrogens is 483 g/mol. The third kappa shape index (κ3) is 6.59. The van der Waals surface area contributed by atoms with Crippen molar-refractivity contribution in [1.82, 2.24) is 4.90 Å². The lowest BCUT2D eigenvalue weighted by atomic mass is 9.85. The zero-order chi connectivity index (χ0) is 26.9. The molecule has 2 amide bonds. The summed E-state index contributed by atoms with van der Waals surface area (Å²) in [4.78, 5) is 29.4. The second kappa shape index (κ2) is 12.9. The molecule has 0 saturated carbocycles. The fraction of sp³-hybridized carbons (Fsp3) is 0.290. The predicted octanol–water partition coefficient (Wildman–Crippen LogP) is 5.78. The molecule has 0 aliphatic heterocycles. The Kier molecular flexibility index (Phi) is 9.14. The van der Waals surface area contributed by atoms with Gasteiger partial charge in [-0.2, -0.15) is 0 Å². The van der Waals surface area contributed by atoms with Gasteiger partial charge in [0.05, 0.1) is 26.3 Å². The van der Waals surface area contributed by atoms with Crippen molar-refractivity contribution in [2.45, 2.75) is 38.3 Å². The lowest BCUT2D eigenvalue weighted by molar-refractivity contribution is -0.141. The van der Waals surface area contributed by atoms with Crippen molar-refractivity contribution < 1.29 is 23.5 Å². The highest BCUT2D eigenvalue weighted by Crippen LogP contribution is 2.32. The lowest BCUT2D eigenvalue weighted by Crippen LogP contribution is -2.51. The summed E-state index contributed by atoms with van der Waals surface area (Å²) in [6, 6.07) is 20.1. The van der Waals surface area contributed by atoms with E-state index in [0.717, 1.165) is 18.4 Å². The Morgan fingerprint density at radius 1 is 1.00 bits per heavy atom. The number of nitrogens with zero attached hydrogens (tertiary/aromatic N) is 1. The number of carbonyl (C=O) groups excluding carboxylic acids is 2. The predicted molar refractivity (Wildman–Crippen MR) is 146 cm³/mol. The van der Waals surface area contributed by atoms with Crippen LogP contribution in [0.2, 0.25) is 0 Å². The average molecular weight is 517 g/mol. The minimum atomic E-state index is -0.817. The number of nitrogens with one attached hydrogen (secondary N) is 1. The Morgan fingerprint density at radius 2 is 1.76 bits per heavy atom. The molecule has 0 bridgehead atoms. The van der Waals surface area contributed by atoms with E-state index in [1.165, 1.54) is 13.2 Å². The molecule has 38 heavy (non-hydrogen) atoms. The van der Waals surface area contributed by atoms with E-state index in [1.54, 1.807) is 48.4 Å². The SMILES string of the molecule is COc1ccc(NC(=O)C(C2CC=CCC2)N(Cc2ccccc2F)C(=O)Cc2ccccc2)c(OC)c1. The number of methoxy groups -OCH3 is 2. The maximum Gasteiger partial charge on any atom is 0.247 e. The van der Waals surface area contributed by atoms with Gasteiger partial charge in [0.1, 0.15) is 23.4 Å². The summed E-state index contributed by atoms with van der Waals surface area (Å²) in [6.07, 6.45) is 6.43. The van der Waals surface area contributed by atoms with Gasteiger partial charge in [0.2, 0.25) is 11.8 Å². The molecule has 4 rings (SSSR count). The van der Waals surface area contributed by atoms with Crippen LogP contribution < -0.4 is 14.8 Å². The Labute approximate surface area is 223 Å². The zero-order valence-corrected chi connectivity index (χ0v) is 21.7. The van der Waals surface area contributed by atoms with Crippen LogP contribution in [0.3, 0.4) is 0 Å². The first-order valence-corrected chi connectivity index (χ1v) is 12.7. The Bertz CT molecular complexity index is 1280. The number of carbonyl (C=O) groups is 2. The molecule has 1 N–H and O–H groups in total. The first-order chi connectivity index (χ1) is 18.5. The quantitative estimate of drug-likeness (QED) is 0.347. The number of rotatable bonds is 10. The van der Waals surface area contributed by atoms with Crippen LogP contribution >= 0.6 is 0 Å². The van der Waals surface area contributed by atoms with Crippen molar-refractivity contribution in [1.29, 1.82) is 0 Å². The van der Waals surface area contributed by atoms with Crippen molar-refractivity contribution in [3.05, 3.63) is 102 Å². The van der Waals surface area contributed by atoms with Gasteiger partial charge in [0.15, 0.2) is 0 Å². The number of halogens is 1. The molecule has 7 heteroatoms. The summed E-state index contributed by atoms with van der Waals surface area (Å²) in [5, 5.41) is 2.98. The van der Waals surface area contributed by atoms with Crippen molar-refractivity contribution in [3.63, 3.8) is 0 Å². The van der Waals surface area contributed by atoms with Crippen LogP contribution in [0.25, 0.3) is 0 Å². The van der Waals surface area contributed by atoms with Gasteiger partial charge in [-0.3, -0.25) is 9.59 Å². The van der Waals surface area contributed by atoms with Gasteiger partial charge in [0.25, 0.3) is 0 Å². The van der Waals surface area contributed by atoms with Crippen molar-refractivity contribution in [2.75, 3.05) is 19.5 Å². The zero-order valence-electron chi connectivity index (χ0n) is 21.7. The lowest BCUT2D eigenvalue weighted by Gasteiger charge is -2.37. The van der Waals surface area contributed by atoms with Gasteiger partial charge in [-0.05, 0) is 48.9 Å². The summed E-state index contributed by atoms with van der Waals surface area (Å²) < 4.78 is 25.5. The van der Waals surface area contributed by atoms with Gasteiger partial charge in [-0.1, -0.05) is 60.7 Å². The highest BCUT2D eigenvalue weighted by atomic mass is 19.1. The molecule has 1 aliphatic carbocycles. The number of hydrogen-bond acceptors (Lipinski definition) is 4. The minimum Gasteiger partial charge on any atom is -0.497 e. The minimum absolute atomic E-state index is 0.0175. The highest BCUT2D eigenvalue weighted by Gasteiger charge is 2.37. The summed E-state index contributed by atoms with van der Waals surface area (Å²) in [7, 11) is 3.07. The summed E-state index contributed by atoms with van der Waals surface area (Å²) >= 11 is 0. The smallest absolute Gasteiger partial charge is 0.247 e. The Morgan fingerprint density at radius 3 is 2.45 bits per heavy atom. The summed E-state index contributed by atoms with van der Waals surface area (Å²) in [6.45, 7) is -0.0175. The molecule has 0 radical (unpaired) electrons.